The van der Waals surface area contributed by atoms with Crippen LogP contribution in [-0.2, 0) is 0 Å². The molecule has 0 amide bonds. The van der Waals surface area contributed by atoms with Gasteiger partial charge in [0.15, 0.2) is 6.29 Å². The molecule has 0 fully saturated rings. The maximum absolute atomic E-state index is 10.6. The Morgan fingerprint density at radius 3 is 2.67 bits per heavy atom. The summed E-state index contributed by atoms with van der Waals surface area (Å²) in [4.78, 5) is 20.5. The van der Waals surface area contributed by atoms with E-state index in [0.29, 0.717) is 11.8 Å². The average Bonchev–Trinajstić information content (AvgIpc) is 2.25. The molecule has 15 heavy (non-hydrogen) atoms. The molecule has 0 aliphatic carbocycles. The smallest absolute Gasteiger partial charge is 0.270 e. The molecule has 0 unspecified atom stereocenters. The molecule has 0 spiro atoms. The summed E-state index contributed by atoms with van der Waals surface area (Å²) >= 11 is 0. The third-order valence-corrected chi connectivity index (χ3v) is 1.75. The van der Waals surface area contributed by atoms with Gasteiger partial charge in [0.1, 0.15) is 0 Å². The minimum absolute atomic E-state index is 0.147. The molecule has 0 N–H and O–H groups in total. The Labute approximate surface area is 85.4 Å². The topological polar surface area (TPSA) is 84.0 Å². The number of non-ortho nitro benzene ring substituents is 1. The number of nitrogens with zero attached hydrogens (tertiary/aromatic N) is 2. The van der Waals surface area contributed by atoms with Gasteiger partial charge in [0.25, 0.3) is 5.69 Å². The fourth-order valence-electron chi connectivity index (χ4n) is 1.06. The second-order valence-electron chi connectivity index (χ2n) is 2.65. The minimum Gasteiger partial charge on any atom is -0.298 e. The second kappa shape index (κ2) is 4.67. The Morgan fingerprint density at radius 2 is 2.13 bits per heavy atom. The molecule has 1 aromatic rings. The predicted molar refractivity (Wildman–Crippen MR) is 53.1 cm³/mol. The van der Waals surface area contributed by atoms with Crippen molar-refractivity contribution in [2.75, 3.05) is 0 Å². The lowest BCUT2D eigenvalue weighted by Crippen LogP contribution is -1.92. The normalized spacial score (nSPS) is 9.80. The lowest BCUT2D eigenvalue weighted by Gasteiger charge is -1.97. The van der Waals surface area contributed by atoms with Crippen molar-refractivity contribution in [1.29, 1.82) is 5.26 Å². The van der Waals surface area contributed by atoms with E-state index in [1.165, 1.54) is 30.4 Å². The van der Waals surface area contributed by atoms with Crippen LogP contribution >= 0.6 is 0 Å². The van der Waals surface area contributed by atoms with Gasteiger partial charge in [-0.2, -0.15) is 5.26 Å². The molecule has 0 aliphatic heterocycles. The Morgan fingerprint density at radius 1 is 1.40 bits per heavy atom. The number of rotatable bonds is 3. The Hall–Kier alpha value is -2.48. The molecule has 0 radical (unpaired) electrons. The van der Waals surface area contributed by atoms with Gasteiger partial charge in [0, 0.05) is 23.8 Å². The van der Waals surface area contributed by atoms with Gasteiger partial charge in [-0.05, 0) is 17.7 Å². The monoisotopic (exact) mass is 202 g/mol. The average molecular weight is 202 g/mol. The van der Waals surface area contributed by atoms with Gasteiger partial charge in [0.05, 0.1) is 11.0 Å². The highest BCUT2D eigenvalue weighted by Gasteiger charge is 2.08. The maximum Gasteiger partial charge on any atom is 0.270 e. The van der Waals surface area contributed by atoms with Crippen molar-refractivity contribution in [3.63, 3.8) is 0 Å². The third kappa shape index (κ3) is 2.48. The number of carbonyl (C=O) groups excluding carboxylic acids is 1. The van der Waals surface area contributed by atoms with Gasteiger partial charge in [0.2, 0.25) is 0 Å². The lowest BCUT2D eigenvalue weighted by molar-refractivity contribution is -0.384. The second-order valence-corrected chi connectivity index (χ2v) is 2.65. The lowest BCUT2D eigenvalue weighted by atomic mass is 10.1. The summed E-state index contributed by atoms with van der Waals surface area (Å²) in [6.07, 6.45) is 3.14. The van der Waals surface area contributed by atoms with Crippen molar-refractivity contribution in [2.24, 2.45) is 0 Å². The minimum atomic E-state index is -0.579. The third-order valence-electron chi connectivity index (χ3n) is 1.75. The highest BCUT2D eigenvalue weighted by Crippen LogP contribution is 2.17. The fraction of sp³-hybridized carbons (Fsp3) is 0. The van der Waals surface area contributed by atoms with E-state index in [4.69, 9.17) is 5.26 Å². The van der Waals surface area contributed by atoms with Crippen molar-refractivity contribution < 1.29 is 9.72 Å². The fourth-order valence-corrected chi connectivity index (χ4v) is 1.06. The number of carbonyl (C=O) groups is 1. The number of nitro groups is 1. The molecule has 0 aliphatic rings. The van der Waals surface area contributed by atoms with Crippen molar-refractivity contribution >= 4 is 18.0 Å². The summed E-state index contributed by atoms with van der Waals surface area (Å²) in [5, 5.41) is 18.7. The number of nitriles is 1. The van der Waals surface area contributed by atoms with Gasteiger partial charge in [-0.25, -0.2) is 0 Å². The molecule has 0 saturated carbocycles. The zero-order valence-electron chi connectivity index (χ0n) is 7.58. The van der Waals surface area contributed by atoms with E-state index in [1.807, 2.05) is 0 Å². The van der Waals surface area contributed by atoms with Gasteiger partial charge >= 0.3 is 0 Å². The zero-order chi connectivity index (χ0) is 11.3. The molecule has 74 valence electrons. The van der Waals surface area contributed by atoms with E-state index in [2.05, 4.69) is 0 Å². The van der Waals surface area contributed by atoms with E-state index < -0.39 is 4.92 Å². The standard InChI is InChI=1S/C10H6N2O3/c11-5-1-2-8-3-4-10(12(14)15)6-9(8)7-13/h1-4,6-7H. The van der Waals surface area contributed by atoms with Crippen LogP contribution in [0.2, 0.25) is 0 Å². The van der Waals surface area contributed by atoms with Gasteiger partial charge in [-0.15, -0.1) is 0 Å². The van der Waals surface area contributed by atoms with Crippen LogP contribution in [0.15, 0.2) is 24.3 Å². The summed E-state index contributed by atoms with van der Waals surface area (Å²) < 4.78 is 0. The molecule has 1 rings (SSSR count). The Kier molecular flexibility index (Phi) is 3.30. The number of benzene rings is 1. The molecule has 5 nitrogen and oxygen atoms in total. The maximum atomic E-state index is 10.6. The first-order valence-corrected chi connectivity index (χ1v) is 3.99. The molecule has 0 atom stereocenters. The molecular weight excluding hydrogens is 196 g/mol. The number of hydrogen-bond acceptors (Lipinski definition) is 4. The van der Waals surface area contributed by atoms with Crippen molar-refractivity contribution in [3.8, 4) is 6.07 Å². The summed E-state index contributed by atoms with van der Waals surface area (Å²) in [6, 6.07) is 5.65. The van der Waals surface area contributed by atoms with Crippen LogP contribution in [0.1, 0.15) is 15.9 Å². The first-order valence-electron chi connectivity index (χ1n) is 3.99. The van der Waals surface area contributed by atoms with Crippen LogP contribution in [0, 0.1) is 21.4 Å². The van der Waals surface area contributed by atoms with E-state index in [1.54, 1.807) is 6.07 Å². The first kappa shape index (κ1) is 10.6. The van der Waals surface area contributed by atoms with Crippen LogP contribution < -0.4 is 0 Å². The van der Waals surface area contributed by atoms with Gasteiger partial charge in [-0.1, -0.05) is 0 Å². The van der Waals surface area contributed by atoms with E-state index in [0.717, 1.165) is 0 Å². The van der Waals surface area contributed by atoms with Crippen molar-refractivity contribution in [1.82, 2.24) is 0 Å². The van der Waals surface area contributed by atoms with Crippen LogP contribution in [0.4, 0.5) is 5.69 Å². The number of nitro benzene ring substituents is 1. The van der Waals surface area contributed by atoms with Crippen LogP contribution in [-0.4, -0.2) is 11.2 Å². The van der Waals surface area contributed by atoms with Crippen molar-refractivity contribution in [3.05, 3.63) is 45.5 Å². The first-order chi connectivity index (χ1) is 7.19. The summed E-state index contributed by atoms with van der Waals surface area (Å²) in [5.74, 6) is 0. The van der Waals surface area contributed by atoms with Crippen LogP contribution in [0.5, 0.6) is 0 Å². The molecule has 1 aromatic carbocycles. The molecule has 0 saturated heterocycles. The highest BCUT2D eigenvalue weighted by atomic mass is 16.6. The Balaban J connectivity index is 3.21. The van der Waals surface area contributed by atoms with E-state index in [-0.39, 0.29) is 11.3 Å². The number of aldehydes is 1. The molecular formula is C10H6N2O3. The number of hydrogen-bond donors (Lipinski definition) is 0. The quantitative estimate of drug-likeness (QED) is 0.324. The van der Waals surface area contributed by atoms with Crippen LogP contribution in [0.25, 0.3) is 6.08 Å². The van der Waals surface area contributed by atoms with E-state index in [9.17, 15) is 14.9 Å². The molecule has 5 heteroatoms. The summed E-state index contributed by atoms with van der Waals surface area (Å²) in [5.41, 5.74) is 0.527. The number of allylic oxidation sites excluding steroid dienone is 1. The Bertz CT molecular complexity index is 472. The SMILES string of the molecule is N#CC=Cc1ccc([N+](=O)[O-])cc1C=O. The van der Waals surface area contributed by atoms with E-state index >= 15 is 0 Å². The molecule has 0 bridgehead atoms. The highest BCUT2D eigenvalue weighted by molar-refractivity contribution is 5.83. The molecule has 0 aromatic heterocycles. The van der Waals surface area contributed by atoms with Gasteiger partial charge in [-0.3, -0.25) is 14.9 Å². The largest absolute Gasteiger partial charge is 0.298 e. The summed E-state index contributed by atoms with van der Waals surface area (Å²) in [7, 11) is 0. The van der Waals surface area contributed by atoms with Crippen molar-refractivity contribution in [2.45, 2.75) is 0 Å². The van der Waals surface area contributed by atoms with Gasteiger partial charge < -0.3 is 0 Å². The summed E-state index contributed by atoms with van der Waals surface area (Å²) in [6.45, 7) is 0. The molecule has 0 heterocycles. The zero-order valence-corrected chi connectivity index (χ0v) is 7.58. The predicted octanol–water partition coefficient (Wildman–Crippen LogP) is 1.94. The van der Waals surface area contributed by atoms with Crippen LogP contribution in [0.3, 0.4) is 0 Å².